The van der Waals surface area contributed by atoms with Crippen molar-refractivity contribution in [1.29, 1.82) is 0 Å². The lowest BCUT2D eigenvalue weighted by Crippen LogP contribution is -2.41. The van der Waals surface area contributed by atoms with Gasteiger partial charge in [0.05, 0.1) is 6.10 Å². The highest BCUT2D eigenvalue weighted by molar-refractivity contribution is 6.73. The molecule has 0 aromatic heterocycles. The molecule has 0 unspecified atom stereocenters. The largest absolute Gasteiger partial charge is 0.491 e. The van der Waals surface area contributed by atoms with Crippen LogP contribution in [0.5, 0.6) is 5.75 Å². The van der Waals surface area contributed by atoms with Crippen LogP contribution in [0, 0.1) is 11.8 Å². The van der Waals surface area contributed by atoms with Gasteiger partial charge >= 0.3 is 0 Å². The Hall–Kier alpha value is -2.02. The SMILES string of the molecule is CCCCCC[C@@H](COc1ccc(C#Cc2ccccc2)cc1)O[Si](CC)(CC)CC. The van der Waals surface area contributed by atoms with Crippen molar-refractivity contribution < 1.29 is 9.16 Å². The Kier molecular flexibility index (Phi) is 11.5. The lowest BCUT2D eigenvalue weighted by Gasteiger charge is -2.33. The van der Waals surface area contributed by atoms with E-state index in [-0.39, 0.29) is 6.10 Å². The molecule has 1 atom stereocenters. The van der Waals surface area contributed by atoms with Gasteiger partial charge in [-0.1, -0.05) is 83.4 Å². The van der Waals surface area contributed by atoms with E-state index in [2.05, 4.69) is 39.5 Å². The quantitative estimate of drug-likeness (QED) is 0.181. The minimum atomic E-state index is -1.64. The van der Waals surface area contributed by atoms with E-state index in [9.17, 15) is 0 Å². The molecule has 2 aromatic carbocycles. The zero-order valence-corrected chi connectivity index (χ0v) is 21.0. The van der Waals surface area contributed by atoms with Crippen LogP contribution in [-0.2, 0) is 4.43 Å². The second-order valence-electron chi connectivity index (χ2n) is 8.28. The summed E-state index contributed by atoms with van der Waals surface area (Å²) in [4.78, 5) is 0. The minimum Gasteiger partial charge on any atom is -0.491 e. The third-order valence-corrected chi connectivity index (χ3v) is 10.8. The van der Waals surface area contributed by atoms with Gasteiger partial charge in [-0.2, -0.15) is 0 Å². The fourth-order valence-corrected chi connectivity index (χ4v) is 6.71. The number of hydrogen-bond donors (Lipinski definition) is 0. The van der Waals surface area contributed by atoms with Crippen LogP contribution < -0.4 is 4.74 Å². The fraction of sp³-hybridized carbons (Fsp3) is 0.500. The molecule has 0 saturated heterocycles. The molecule has 168 valence electrons. The van der Waals surface area contributed by atoms with Gasteiger partial charge in [0.15, 0.2) is 8.32 Å². The molecule has 0 saturated carbocycles. The van der Waals surface area contributed by atoms with Gasteiger partial charge in [-0.05, 0) is 61.0 Å². The van der Waals surface area contributed by atoms with Gasteiger partial charge in [0.25, 0.3) is 0 Å². The molecule has 0 spiro atoms. The van der Waals surface area contributed by atoms with E-state index in [1.807, 2.05) is 54.6 Å². The fourth-order valence-electron chi connectivity index (χ4n) is 3.82. The van der Waals surface area contributed by atoms with Crippen LogP contribution in [-0.4, -0.2) is 21.0 Å². The molecule has 0 fully saturated rings. The summed E-state index contributed by atoms with van der Waals surface area (Å²) in [5.41, 5.74) is 2.03. The van der Waals surface area contributed by atoms with Crippen molar-refractivity contribution >= 4 is 8.32 Å². The smallest absolute Gasteiger partial charge is 0.192 e. The van der Waals surface area contributed by atoms with E-state index in [1.165, 1.54) is 43.8 Å². The van der Waals surface area contributed by atoms with E-state index in [1.54, 1.807) is 0 Å². The van der Waals surface area contributed by atoms with E-state index in [4.69, 9.17) is 9.16 Å². The number of ether oxygens (including phenoxy) is 1. The second kappa shape index (κ2) is 14.1. The van der Waals surface area contributed by atoms with Crippen LogP contribution in [0.4, 0.5) is 0 Å². The molecule has 0 amide bonds. The van der Waals surface area contributed by atoms with Gasteiger partial charge in [-0.25, -0.2) is 0 Å². The Bertz CT molecular complexity index is 777. The van der Waals surface area contributed by atoms with Crippen LogP contribution >= 0.6 is 0 Å². The maximum atomic E-state index is 6.79. The summed E-state index contributed by atoms with van der Waals surface area (Å²) < 4.78 is 13.0. The standard InChI is InChI=1S/C28H40O2Si/c1-5-9-10-14-17-28(30-31(6-2,7-3)8-4)24-29-27-22-20-26(21-23-27)19-18-25-15-12-11-13-16-25/h11-13,15-16,20-23,28H,5-10,14,17,24H2,1-4H3/t28-/m0/s1. The molecule has 0 heterocycles. The Labute approximate surface area is 191 Å². The predicted molar refractivity (Wildman–Crippen MR) is 135 cm³/mol. The summed E-state index contributed by atoms with van der Waals surface area (Å²) >= 11 is 0. The van der Waals surface area contributed by atoms with Crippen molar-refractivity contribution in [3.8, 4) is 17.6 Å². The second-order valence-corrected chi connectivity index (χ2v) is 13.0. The highest BCUT2D eigenvalue weighted by Gasteiger charge is 2.32. The molecule has 2 nitrogen and oxygen atoms in total. The van der Waals surface area contributed by atoms with Gasteiger partial charge in [0.2, 0.25) is 0 Å². The summed E-state index contributed by atoms with van der Waals surface area (Å²) in [5.74, 6) is 7.32. The van der Waals surface area contributed by atoms with E-state index in [0.717, 1.165) is 23.3 Å². The molecule has 0 aliphatic rings. The highest BCUT2D eigenvalue weighted by atomic mass is 28.4. The summed E-state index contributed by atoms with van der Waals surface area (Å²) in [6, 6.07) is 21.7. The van der Waals surface area contributed by atoms with Crippen molar-refractivity contribution in [2.24, 2.45) is 0 Å². The number of benzene rings is 2. The lowest BCUT2D eigenvalue weighted by molar-refractivity contribution is 0.108. The molecular weight excluding hydrogens is 396 g/mol. The van der Waals surface area contributed by atoms with Crippen molar-refractivity contribution in [3.05, 3.63) is 65.7 Å². The van der Waals surface area contributed by atoms with Crippen LogP contribution in [0.3, 0.4) is 0 Å². The number of hydrogen-bond acceptors (Lipinski definition) is 2. The number of rotatable bonds is 13. The van der Waals surface area contributed by atoms with Crippen LogP contribution in [0.2, 0.25) is 18.1 Å². The van der Waals surface area contributed by atoms with Crippen molar-refractivity contribution in [3.63, 3.8) is 0 Å². The van der Waals surface area contributed by atoms with Gasteiger partial charge in [0.1, 0.15) is 12.4 Å². The summed E-state index contributed by atoms with van der Waals surface area (Å²) in [6.45, 7) is 9.78. The molecule has 0 bridgehead atoms. The maximum absolute atomic E-state index is 6.79. The normalized spacial score (nSPS) is 12.1. The topological polar surface area (TPSA) is 18.5 Å². The van der Waals surface area contributed by atoms with Gasteiger partial charge < -0.3 is 9.16 Å². The monoisotopic (exact) mass is 436 g/mol. The van der Waals surface area contributed by atoms with E-state index < -0.39 is 8.32 Å². The maximum Gasteiger partial charge on any atom is 0.192 e. The molecule has 0 N–H and O–H groups in total. The van der Waals surface area contributed by atoms with Crippen molar-refractivity contribution in [1.82, 2.24) is 0 Å². The molecule has 2 rings (SSSR count). The molecule has 2 aromatic rings. The van der Waals surface area contributed by atoms with Crippen LogP contribution in [0.15, 0.2) is 54.6 Å². The van der Waals surface area contributed by atoms with Crippen molar-refractivity contribution in [2.45, 2.75) is 84.0 Å². The Morgan fingerprint density at radius 1 is 0.742 bits per heavy atom. The average Bonchev–Trinajstić information content (AvgIpc) is 2.83. The first-order chi connectivity index (χ1) is 15.1. The zero-order chi connectivity index (χ0) is 22.4. The molecule has 0 aliphatic carbocycles. The Morgan fingerprint density at radius 2 is 1.35 bits per heavy atom. The van der Waals surface area contributed by atoms with Crippen molar-refractivity contribution in [2.75, 3.05) is 6.61 Å². The van der Waals surface area contributed by atoms with Crippen LogP contribution in [0.25, 0.3) is 0 Å². The molecule has 31 heavy (non-hydrogen) atoms. The lowest BCUT2D eigenvalue weighted by atomic mass is 10.1. The molecule has 0 radical (unpaired) electrons. The molecular formula is C28H40O2Si. The average molecular weight is 437 g/mol. The van der Waals surface area contributed by atoms with E-state index in [0.29, 0.717) is 6.61 Å². The first-order valence-electron chi connectivity index (χ1n) is 12.1. The summed E-state index contributed by atoms with van der Waals surface area (Å²) in [6.07, 6.45) is 6.36. The third kappa shape index (κ3) is 8.93. The summed E-state index contributed by atoms with van der Waals surface area (Å²) in [5, 5.41) is 0. The predicted octanol–water partition coefficient (Wildman–Crippen LogP) is 7.83. The van der Waals surface area contributed by atoms with E-state index >= 15 is 0 Å². The van der Waals surface area contributed by atoms with Gasteiger partial charge in [0, 0.05) is 11.1 Å². The van der Waals surface area contributed by atoms with Gasteiger partial charge in [-0.3, -0.25) is 0 Å². The minimum absolute atomic E-state index is 0.195. The first-order valence-corrected chi connectivity index (χ1v) is 14.6. The first kappa shape index (κ1) is 25.2. The zero-order valence-electron chi connectivity index (χ0n) is 20.0. The van der Waals surface area contributed by atoms with Gasteiger partial charge in [-0.15, -0.1) is 0 Å². The molecule has 0 aliphatic heterocycles. The highest BCUT2D eigenvalue weighted by Crippen LogP contribution is 2.26. The summed E-state index contributed by atoms with van der Waals surface area (Å²) in [7, 11) is -1.64. The van der Waals surface area contributed by atoms with Crippen LogP contribution in [0.1, 0.15) is 70.9 Å². The molecule has 3 heteroatoms. The Balaban J connectivity index is 1.96. The third-order valence-electron chi connectivity index (χ3n) is 6.14. The number of unbranched alkanes of at least 4 members (excludes halogenated alkanes) is 3. The Morgan fingerprint density at radius 3 is 1.94 bits per heavy atom.